The number of pyridine rings is 1. The van der Waals surface area contributed by atoms with Crippen LogP contribution in [0, 0.1) is 12.8 Å². The van der Waals surface area contributed by atoms with Crippen molar-refractivity contribution in [2.75, 3.05) is 18.0 Å². The van der Waals surface area contributed by atoms with Crippen LogP contribution < -0.4 is 10.2 Å². The van der Waals surface area contributed by atoms with Gasteiger partial charge in [-0.05, 0) is 51.2 Å². The van der Waals surface area contributed by atoms with Crippen molar-refractivity contribution in [3.8, 4) is 0 Å². The van der Waals surface area contributed by atoms with Gasteiger partial charge in [-0.25, -0.2) is 4.98 Å². The molecule has 1 N–H and O–H groups in total. The molecule has 1 aromatic heterocycles. The molecule has 1 atom stereocenters. The lowest BCUT2D eigenvalue weighted by Crippen LogP contribution is -2.46. The molecule has 3 rings (SSSR count). The van der Waals surface area contributed by atoms with Crippen molar-refractivity contribution in [1.29, 1.82) is 0 Å². The van der Waals surface area contributed by atoms with Crippen molar-refractivity contribution >= 4 is 11.7 Å². The zero-order valence-electron chi connectivity index (χ0n) is 13.3. The summed E-state index contributed by atoms with van der Waals surface area (Å²) in [6.07, 6.45) is 9.26. The number of hydrogen-bond acceptors (Lipinski definition) is 3. The number of allylic oxidation sites excluding steroid dienone is 2. The van der Waals surface area contributed by atoms with Crippen LogP contribution in [0.2, 0.25) is 0 Å². The third kappa shape index (κ3) is 3.67. The minimum absolute atomic E-state index is 0.182. The topological polar surface area (TPSA) is 45.2 Å². The molecule has 2 heterocycles. The summed E-state index contributed by atoms with van der Waals surface area (Å²) < 4.78 is 0. The first kappa shape index (κ1) is 15.1. The highest BCUT2D eigenvalue weighted by molar-refractivity contribution is 5.79. The molecule has 1 saturated heterocycles. The summed E-state index contributed by atoms with van der Waals surface area (Å²) >= 11 is 0. The zero-order chi connectivity index (χ0) is 15.4. The van der Waals surface area contributed by atoms with Gasteiger partial charge in [0, 0.05) is 30.7 Å². The van der Waals surface area contributed by atoms with Crippen molar-refractivity contribution in [3.05, 3.63) is 36.0 Å². The van der Waals surface area contributed by atoms with Crippen LogP contribution in [0.5, 0.6) is 0 Å². The number of amides is 1. The highest BCUT2D eigenvalue weighted by atomic mass is 16.1. The van der Waals surface area contributed by atoms with Crippen LogP contribution in [0.4, 0.5) is 5.82 Å². The first-order valence-electron chi connectivity index (χ1n) is 8.36. The van der Waals surface area contributed by atoms with Gasteiger partial charge in [0.05, 0.1) is 0 Å². The van der Waals surface area contributed by atoms with Gasteiger partial charge in [-0.1, -0.05) is 18.2 Å². The van der Waals surface area contributed by atoms with Gasteiger partial charge in [0.25, 0.3) is 0 Å². The second-order valence-corrected chi connectivity index (χ2v) is 6.39. The van der Waals surface area contributed by atoms with Crippen LogP contribution in [0.25, 0.3) is 0 Å². The summed E-state index contributed by atoms with van der Waals surface area (Å²) in [6.45, 7) is 3.95. The van der Waals surface area contributed by atoms with Crippen LogP contribution >= 0.6 is 0 Å². The molecule has 22 heavy (non-hydrogen) atoms. The number of hydrogen-bond donors (Lipinski definition) is 1. The number of aryl methyl sites for hydroxylation is 1. The van der Waals surface area contributed by atoms with Gasteiger partial charge < -0.3 is 10.2 Å². The van der Waals surface area contributed by atoms with E-state index < -0.39 is 0 Å². The fourth-order valence-electron chi connectivity index (χ4n) is 3.31. The summed E-state index contributed by atoms with van der Waals surface area (Å²) in [5.41, 5.74) is 1.05. The largest absolute Gasteiger partial charge is 0.356 e. The van der Waals surface area contributed by atoms with E-state index in [-0.39, 0.29) is 11.8 Å². The molecular weight excluding hydrogens is 274 g/mol. The van der Waals surface area contributed by atoms with E-state index in [0.717, 1.165) is 56.7 Å². The van der Waals surface area contributed by atoms with Crippen molar-refractivity contribution < 1.29 is 4.79 Å². The van der Waals surface area contributed by atoms with Gasteiger partial charge in [-0.2, -0.15) is 0 Å². The Labute approximate surface area is 132 Å². The van der Waals surface area contributed by atoms with Crippen LogP contribution in [0.3, 0.4) is 0 Å². The van der Waals surface area contributed by atoms with Crippen LogP contribution in [0.1, 0.15) is 37.8 Å². The number of nitrogens with one attached hydrogen (secondary N) is 1. The lowest BCUT2D eigenvalue weighted by molar-refractivity contribution is -0.126. The third-order valence-electron chi connectivity index (χ3n) is 4.68. The highest BCUT2D eigenvalue weighted by Crippen LogP contribution is 2.21. The molecule has 0 unspecified atom stereocenters. The van der Waals surface area contributed by atoms with Crippen molar-refractivity contribution in [3.63, 3.8) is 0 Å². The number of nitrogens with zero attached hydrogens (tertiary/aromatic N) is 2. The Balaban J connectivity index is 1.49. The minimum Gasteiger partial charge on any atom is -0.356 e. The molecule has 4 nitrogen and oxygen atoms in total. The third-order valence-corrected chi connectivity index (χ3v) is 4.68. The smallest absolute Gasteiger partial charge is 0.223 e. The Hall–Kier alpha value is -1.84. The highest BCUT2D eigenvalue weighted by Gasteiger charge is 2.25. The van der Waals surface area contributed by atoms with Gasteiger partial charge in [-0.3, -0.25) is 4.79 Å². The molecule has 0 radical (unpaired) electrons. The lowest BCUT2D eigenvalue weighted by atomic mass is 9.93. The van der Waals surface area contributed by atoms with Gasteiger partial charge in [0.15, 0.2) is 0 Å². The Morgan fingerprint density at radius 3 is 2.73 bits per heavy atom. The normalized spacial score (nSPS) is 22.6. The van der Waals surface area contributed by atoms with E-state index in [1.807, 2.05) is 13.0 Å². The predicted octanol–water partition coefficient (Wildman–Crippen LogP) is 2.83. The van der Waals surface area contributed by atoms with E-state index in [9.17, 15) is 4.79 Å². The second kappa shape index (κ2) is 6.95. The fourth-order valence-corrected chi connectivity index (χ4v) is 3.31. The summed E-state index contributed by atoms with van der Waals surface area (Å²) in [4.78, 5) is 19.2. The van der Waals surface area contributed by atoms with Crippen LogP contribution in [-0.4, -0.2) is 30.0 Å². The maximum atomic E-state index is 12.3. The minimum atomic E-state index is 0.182. The van der Waals surface area contributed by atoms with Gasteiger partial charge in [-0.15, -0.1) is 0 Å². The summed E-state index contributed by atoms with van der Waals surface area (Å²) in [5, 5.41) is 3.25. The van der Waals surface area contributed by atoms with Crippen LogP contribution in [0.15, 0.2) is 30.4 Å². The molecule has 1 fully saturated rings. The molecule has 0 aromatic carbocycles. The Morgan fingerprint density at radius 2 is 2.05 bits per heavy atom. The quantitative estimate of drug-likeness (QED) is 0.873. The molecule has 1 aromatic rings. The average Bonchev–Trinajstić information content (AvgIpc) is 2.56. The molecule has 4 heteroatoms. The molecule has 2 aliphatic rings. The Bertz CT molecular complexity index is 547. The number of piperidine rings is 1. The predicted molar refractivity (Wildman–Crippen MR) is 88.8 cm³/mol. The number of rotatable bonds is 3. The standard InChI is InChI=1S/C18H25N3O/c1-14-6-5-9-17(19-14)21-12-10-16(11-13-21)20-18(22)15-7-3-2-4-8-15/h2-3,5-6,9,15-16H,4,7-8,10-13H2,1H3,(H,20,22)/t15-/m1/s1. The van der Waals surface area contributed by atoms with E-state index in [4.69, 9.17) is 0 Å². The van der Waals surface area contributed by atoms with Crippen molar-refractivity contribution in [2.24, 2.45) is 5.92 Å². The molecule has 1 aliphatic heterocycles. The van der Waals surface area contributed by atoms with Crippen LogP contribution in [-0.2, 0) is 4.79 Å². The number of anilines is 1. The van der Waals surface area contributed by atoms with Gasteiger partial charge in [0.2, 0.25) is 5.91 Å². The monoisotopic (exact) mass is 299 g/mol. The van der Waals surface area contributed by atoms with E-state index >= 15 is 0 Å². The maximum Gasteiger partial charge on any atom is 0.223 e. The molecule has 1 aliphatic carbocycles. The van der Waals surface area contributed by atoms with E-state index in [2.05, 4.69) is 39.5 Å². The molecular formula is C18H25N3O. The second-order valence-electron chi connectivity index (χ2n) is 6.39. The maximum absolute atomic E-state index is 12.3. The molecule has 0 bridgehead atoms. The Morgan fingerprint density at radius 1 is 1.23 bits per heavy atom. The van der Waals surface area contributed by atoms with E-state index in [1.165, 1.54) is 0 Å². The van der Waals surface area contributed by atoms with Crippen molar-refractivity contribution in [1.82, 2.24) is 10.3 Å². The fraction of sp³-hybridized carbons (Fsp3) is 0.556. The number of aromatic nitrogens is 1. The molecule has 1 amide bonds. The number of carbonyl (C=O) groups is 1. The summed E-state index contributed by atoms with van der Waals surface area (Å²) in [5.74, 6) is 1.49. The molecule has 118 valence electrons. The van der Waals surface area contributed by atoms with Crippen molar-refractivity contribution in [2.45, 2.75) is 45.1 Å². The summed E-state index contributed by atoms with van der Waals surface area (Å²) in [7, 11) is 0. The van der Waals surface area contributed by atoms with E-state index in [0.29, 0.717) is 6.04 Å². The first-order chi connectivity index (χ1) is 10.7. The number of carbonyl (C=O) groups excluding carboxylic acids is 1. The first-order valence-corrected chi connectivity index (χ1v) is 8.36. The lowest BCUT2D eigenvalue weighted by Gasteiger charge is -2.34. The van der Waals surface area contributed by atoms with Gasteiger partial charge in [0.1, 0.15) is 5.82 Å². The zero-order valence-corrected chi connectivity index (χ0v) is 13.3. The SMILES string of the molecule is Cc1cccc(N2CCC(NC(=O)[C@@H]3CC=CCC3)CC2)n1. The molecule has 0 saturated carbocycles. The van der Waals surface area contributed by atoms with Gasteiger partial charge >= 0.3 is 0 Å². The molecule has 0 spiro atoms. The Kier molecular flexibility index (Phi) is 4.76. The van der Waals surface area contributed by atoms with E-state index in [1.54, 1.807) is 0 Å². The summed E-state index contributed by atoms with van der Waals surface area (Å²) in [6, 6.07) is 6.47. The average molecular weight is 299 g/mol.